The number of oxazole rings is 1. The molecule has 37 heavy (non-hydrogen) atoms. The Balaban J connectivity index is 1.62. The molecule has 1 heterocycles. The zero-order valence-electron chi connectivity index (χ0n) is 22.7. The molecule has 0 aliphatic carbocycles. The van der Waals surface area contributed by atoms with Crippen molar-refractivity contribution in [2.75, 3.05) is 25.2 Å². The maximum absolute atomic E-state index is 6.67. The van der Waals surface area contributed by atoms with E-state index < -0.39 is 9.04 Å². The summed E-state index contributed by atoms with van der Waals surface area (Å²) in [6, 6.07) is 24.8. The molecule has 0 aliphatic heterocycles. The fourth-order valence-corrected chi connectivity index (χ4v) is 4.96. The van der Waals surface area contributed by atoms with Crippen molar-refractivity contribution in [1.29, 1.82) is 0 Å². The first kappa shape index (κ1) is 26.8. The Bertz CT molecular complexity index is 1250. The summed E-state index contributed by atoms with van der Waals surface area (Å²) in [5.74, 6) is 1.62. The van der Waals surface area contributed by atoms with E-state index >= 15 is 0 Å². The standard InChI is InChI=1S/C30H38N2O4Si/c1-30(2,3)23-12-9-11-22(21-23)28(36-37(5)6)32(29-31-26-13-7-8-14-27(26)35-29)19-10-20-34-25-17-15-24(33-4)16-18-25/h7-9,11-18,21,28,37H,10,19-20H2,1-6H3. The van der Waals surface area contributed by atoms with Gasteiger partial charge in [-0.2, -0.15) is 4.98 Å². The van der Waals surface area contributed by atoms with Crippen molar-refractivity contribution < 1.29 is 18.3 Å². The van der Waals surface area contributed by atoms with Crippen LogP contribution in [-0.4, -0.2) is 34.3 Å². The number of para-hydroxylation sites is 2. The Morgan fingerprint density at radius 1 is 0.946 bits per heavy atom. The third kappa shape index (κ3) is 6.93. The van der Waals surface area contributed by atoms with Crippen LogP contribution in [0.1, 0.15) is 44.5 Å². The minimum atomic E-state index is -1.42. The largest absolute Gasteiger partial charge is 0.497 e. The van der Waals surface area contributed by atoms with E-state index in [-0.39, 0.29) is 11.6 Å². The second kappa shape index (κ2) is 11.8. The SMILES string of the molecule is COc1ccc(OCCCN(c2nc3ccccc3o2)C(O[SiH](C)C)c2cccc(C(C)(C)C)c2)cc1. The number of aromatic nitrogens is 1. The number of nitrogens with zero attached hydrogens (tertiary/aromatic N) is 2. The molecule has 1 unspecified atom stereocenters. The van der Waals surface area contributed by atoms with Gasteiger partial charge < -0.3 is 18.3 Å². The molecular weight excluding hydrogens is 480 g/mol. The lowest BCUT2D eigenvalue weighted by Gasteiger charge is -2.33. The van der Waals surface area contributed by atoms with Gasteiger partial charge in [-0.05, 0) is 66.9 Å². The van der Waals surface area contributed by atoms with Crippen molar-refractivity contribution in [2.45, 2.75) is 51.9 Å². The zero-order valence-corrected chi connectivity index (χ0v) is 23.9. The van der Waals surface area contributed by atoms with Crippen molar-refractivity contribution >= 4 is 26.2 Å². The van der Waals surface area contributed by atoms with Gasteiger partial charge in [0.25, 0.3) is 0 Å². The molecule has 4 aromatic rings. The summed E-state index contributed by atoms with van der Waals surface area (Å²) in [6.07, 6.45) is 0.464. The molecule has 0 aliphatic rings. The van der Waals surface area contributed by atoms with E-state index in [0.717, 1.165) is 34.6 Å². The van der Waals surface area contributed by atoms with Crippen molar-refractivity contribution in [3.05, 3.63) is 83.9 Å². The molecule has 0 saturated carbocycles. The summed E-state index contributed by atoms with van der Waals surface area (Å²) in [6.45, 7) is 12.3. The molecule has 0 spiro atoms. The number of ether oxygens (including phenoxy) is 2. The molecule has 0 amide bonds. The topological polar surface area (TPSA) is 57.0 Å². The molecule has 1 aromatic heterocycles. The third-order valence-corrected chi connectivity index (χ3v) is 6.92. The minimum absolute atomic E-state index is 0.0322. The molecule has 1 atom stereocenters. The second-order valence-corrected chi connectivity index (χ2v) is 12.8. The lowest BCUT2D eigenvalue weighted by Crippen LogP contribution is -2.35. The molecule has 0 fully saturated rings. The van der Waals surface area contributed by atoms with Gasteiger partial charge in [0.2, 0.25) is 0 Å². The molecule has 0 bridgehead atoms. The van der Waals surface area contributed by atoms with Gasteiger partial charge in [-0.25, -0.2) is 0 Å². The molecule has 6 nitrogen and oxygen atoms in total. The first-order valence-electron chi connectivity index (χ1n) is 12.9. The number of methoxy groups -OCH3 is 1. The average molecular weight is 519 g/mol. The molecule has 0 N–H and O–H groups in total. The van der Waals surface area contributed by atoms with Crippen molar-refractivity contribution in [3.63, 3.8) is 0 Å². The number of anilines is 1. The molecule has 7 heteroatoms. The van der Waals surface area contributed by atoms with Gasteiger partial charge in [0, 0.05) is 12.1 Å². The monoisotopic (exact) mass is 518 g/mol. The second-order valence-electron chi connectivity index (χ2n) is 10.4. The van der Waals surface area contributed by atoms with Gasteiger partial charge in [-0.1, -0.05) is 57.2 Å². The summed E-state index contributed by atoms with van der Waals surface area (Å²) in [5, 5.41) is 0. The number of hydrogen-bond donors (Lipinski definition) is 0. The average Bonchev–Trinajstić information content (AvgIpc) is 3.31. The van der Waals surface area contributed by atoms with Crippen LogP contribution in [0.2, 0.25) is 13.1 Å². The molecule has 4 rings (SSSR count). The molecular formula is C30H38N2O4Si. The predicted molar refractivity (Wildman–Crippen MR) is 152 cm³/mol. The summed E-state index contributed by atoms with van der Waals surface area (Å²) < 4.78 is 24.2. The first-order valence-corrected chi connectivity index (χ1v) is 15.7. The van der Waals surface area contributed by atoms with E-state index in [4.69, 9.17) is 23.3 Å². The van der Waals surface area contributed by atoms with E-state index in [1.165, 1.54) is 5.56 Å². The van der Waals surface area contributed by atoms with Gasteiger partial charge in [0.1, 0.15) is 23.2 Å². The van der Waals surface area contributed by atoms with Crippen LogP contribution in [0, 0.1) is 0 Å². The molecule has 0 saturated heterocycles. The normalized spacial score (nSPS) is 12.6. The Kier molecular flexibility index (Phi) is 8.56. The van der Waals surface area contributed by atoms with Crippen LogP contribution in [0.5, 0.6) is 11.5 Å². The number of rotatable bonds is 11. The first-order chi connectivity index (χ1) is 17.7. The maximum atomic E-state index is 6.67. The highest BCUT2D eigenvalue weighted by atomic mass is 28.3. The van der Waals surface area contributed by atoms with Crippen LogP contribution in [0.25, 0.3) is 11.1 Å². The van der Waals surface area contributed by atoms with E-state index in [2.05, 4.69) is 63.0 Å². The van der Waals surface area contributed by atoms with Crippen LogP contribution < -0.4 is 14.4 Å². The van der Waals surface area contributed by atoms with Crippen LogP contribution in [0.15, 0.2) is 77.2 Å². The van der Waals surface area contributed by atoms with E-state index in [9.17, 15) is 0 Å². The van der Waals surface area contributed by atoms with Gasteiger partial charge in [-0.3, -0.25) is 4.90 Å². The summed E-state index contributed by atoms with van der Waals surface area (Å²) in [7, 11) is 0.235. The van der Waals surface area contributed by atoms with Crippen LogP contribution in [-0.2, 0) is 9.84 Å². The Morgan fingerprint density at radius 2 is 1.68 bits per heavy atom. The number of benzene rings is 3. The summed E-state index contributed by atoms with van der Waals surface area (Å²) in [4.78, 5) is 6.98. The molecule has 196 valence electrons. The highest BCUT2D eigenvalue weighted by Crippen LogP contribution is 2.33. The fraction of sp³-hybridized carbons (Fsp3) is 0.367. The predicted octanol–water partition coefficient (Wildman–Crippen LogP) is 7.11. The van der Waals surface area contributed by atoms with Crippen LogP contribution >= 0.6 is 0 Å². The summed E-state index contributed by atoms with van der Waals surface area (Å²) >= 11 is 0. The van der Waals surface area contributed by atoms with Gasteiger partial charge >= 0.3 is 6.01 Å². The van der Waals surface area contributed by atoms with E-state index in [1.807, 2.05) is 48.5 Å². The molecule has 0 radical (unpaired) electrons. The number of fused-ring (bicyclic) bond motifs is 1. The quantitative estimate of drug-likeness (QED) is 0.120. The Hall–Kier alpha value is -3.29. The van der Waals surface area contributed by atoms with Crippen molar-refractivity contribution in [2.24, 2.45) is 0 Å². The van der Waals surface area contributed by atoms with Crippen molar-refractivity contribution in [1.82, 2.24) is 4.98 Å². The highest BCUT2D eigenvalue weighted by Gasteiger charge is 2.28. The lowest BCUT2D eigenvalue weighted by molar-refractivity contribution is 0.190. The minimum Gasteiger partial charge on any atom is -0.497 e. The zero-order chi connectivity index (χ0) is 26.4. The highest BCUT2D eigenvalue weighted by molar-refractivity contribution is 6.48. The van der Waals surface area contributed by atoms with Gasteiger partial charge in [0.15, 0.2) is 14.6 Å². The Labute approximate surface area is 221 Å². The van der Waals surface area contributed by atoms with E-state index in [0.29, 0.717) is 19.2 Å². The smallest absolute Gasteiger partial charge is 0.300 e. The maximum Gasteiger partial charge on any atom is 0.300 e. The van der Waals surface area contributed by atoms with Crippen LogP contribution in [0.4, 0.5) is 6.01 Å². The van der Waals surface area contributed by atoms with Crippen LogP contribution in [0.3, 0.4) is 0 Å². The Morgan fingerprint density at radius 3 is 2.35 bits per heavy atom. The third-order valence-electron chi connectivity index (χ3n) is 6.12. The molecule has 3 aromatic carbocycles. The number of hydrogen-bond acceptors (Lipinski definition) is 6. The van der Waals surface area contributed by atoms with Crippen molar-refractivity contribution in [3.8, 4) is 11.5 Å². The summed E-state index contributed by atoms with van der Waals surface area (Å²) in [5.41, 5.74) is 4.00. The van der Waals surface area contributed by atoms with E-state index in [1.54, 1.807) is 7.11 Å². The fourth-order valence-electron chi connectivity index (χ4n) is 4.14. The lowest BCUT2D eigenvalue weighted by atomic mass is 9.86. The van der Waals surface area contributed by atoms with Gasteiger partial charge in [-0.15, -0.1) is 0 Å². The van der Waals surface area contributed by atoms with Gasteiger partial charge in [0.05, 0.1) is 13.7 Å².